The van der Waals surface area contributed by atoms with Gasteiger partial charge in [-0.05, 0) is 12.1 Å². The van der Waals surface area contributed by atoms with Crippen LogP contribution in [0.4, 0.5) is 13.2 Å². The third-order valence-electron chi connectivity index (χ3n) is 2.17. The van der Waals surface area contributed by atoms with Gasteiger partial charge in [0.15, 0.2) is 10.8 Å². The molecule has 1 aromatic heterocycles. The quantitative estimate of drug-likeness (QED) is 0.638. The van der Waals surface area contributed by atoms with Crippen molar-refractivity contribution in [3.05, 3.63) is 29.3 Å². The molecule has 0 atom stereocenters. The predicted molar refractivity (Wildman–Crippen MR) is 59.6 cm³/mol. The van der Waals surface area contributed by atoms with E-state index in [1.54, 1.807) is 24.3 Å². The van der Waals surface area contributed by atoms with Crippen LogP contribution in [0.3, 0.4) is 0 Å². The van der Waals surface area contributed by atoms with E-state index >= 15 is 0 Å². The average molecular weight is 273 g/mol. The fraction of sp³-hybridized carbons (Fsp3) is 0.182. The number of para-hydroxylation sites is 1. The molecule has 3 nitrogen and oxygen atoms in total. The number of Topliss-reactive ketones (excluding diaryl/α,β-unsaturated/α-hetero) is 2. The molecule has 0 saturated heterocycles. The van der Waals surface area contributed by atoms with Gasteiger partial charge in [0.2, 0.25) is 5.78 Å². The maximum Gasteiger partial charge on any atom is 0.450 e. The number of hydrogen-bond acceptors (Lipinski definition) is 4. The van der Waals surface area contributed by atoms with Crippen molar-refractivity contribution in [1.82, 2.24) is 4.98 Å². The number of ketones is 2. The number of alkyl halides is 3. The highest BCUT2D eigenvalue weighted by Gasteiger charge is 2.39. The van der Waals surface area contributed by atoms with Gasteiger partial charge in [-0.3, -0.25) is 9.59 Å². The Morgan fingerprint density at radius 3 is 2.50 bits per heavy atom. The van der Waals surface area contributed by atoms with Gasteiger partial charge in [-0.15, -0.1) is 11.3 Å². The van der Waals surface area contributed by atoms with Crippen molar-refractivity contribution in [2.45, 2.75) is 12.6 Å². The van der Waals surface area contributed by atoms with Crippen LogP contribution in [-0.4, -0.2) is 22.7 Å². The van der Waals surface area contributed by atoms with E-state index in [9.17, 15) is 22.8 Å². The van der Waals surface area contributed by atoms with Crippen molar-refractivity contribution in [3.8, 4) is 0 Å². The Morgan fingerprint density at radius 2 is 1.89 bits per heavy atom. The van der Waals surface area contributed by atoms with E-state index in [4.69, 9.17) is 0 Å². The topological polar surface area (TPSA) is 47.0 Å². The molecule has 7 heteroatoms. The van der Waals surface area contributed by atoms with Gasteiger partial charge in [0, 0.05) is 0 Å². The highest BCUT2D eigenvalue weighted by Crippen LogP contribution is 2.24. The monoisotopic (exact) mass is 273 g/mol. The summed E-state index contributed by atoms with van der Waals surface area (Å²) in [5, 5.41) is -0.0752. The second kappa shape index (κ2) is 4.49. The molecular weight excluding hydrogens is 267 g/mol. The molecule has 0 N–H and O–H groups in total. The van der Waals surface area contributed by atoms with Crippen molar-refractivity contribution in [2.24, 2.45) is 0 Å². The van der Waals surface area contributed by atoms with Gasteiger partial charge in [-0.2, -0.15) is 13.2 Å². The lowest BCUT2D eigenvalue weighted by molar-refractivity contribution is -0.170. The maximum absolute atomic E-state index is 12.0. The van der Waals surface area contributed by atoms with Crippen molar-refractivity contribution in [1.29, 1.82) is 0 Å². The summed E-state index contributed by atoms with van der Waals surface area (Å²) in [6.45, 7) is 0. The number of carbonyl (C=O) groups excluding carboxylic acids is 2. The molecule has 0 amide bonds. The minimum Gasteiger partial charge on any atom is -0.291 e. The summed E-state index contributed by atoms with van der Waals surface area (Å²) >= 11 is 0.978. The zero-order chi connectivity index (χ0) is 13.3. The van der Waals surface area contributed by atoms with Gasteiger partial charge in [-0.25, -0.2) is 4.98 Å². The zero-order valence-corrected chi connectivity index (χ0v) is 9.64. The van der Waals surface area contributed by atoms with Crippen LogP contribution in [0.1, 0.15) is 16.2 Å². The minimum atomic E-state index is -4.98. The standard InChI is InChI=1S/C11H6F3NO2S/c12-11(13,14)9(17)5-7(16)10-15-6-3-1-2-4-8(6)18-10/h1-4H,5H2. The molecule has 18 heavy (non-hydrogen) atoms. The van der Waals surface area contributed by atoms with Crippen molar-refractivity contribution >= 4 is 33.1 Å². The van der Waals surface area contributed by atoms with Gasteiger partial charge in [0.05, 0.1) is 16.6 Å². The lowest BCUT2D eigenvalue weighted by atomic mass is 10.2. The number of rotatable bonds is 3. The molecule has 0 saturated carbocycles. The first-order valence-corrected chi connectivity index (χ1v) is 5.68. The van der Waals surface area contributed by atoms with Crippen LogP contribution < -0.4 is 0 Å². The minimum absolute atomic E-state index is 0.0752. The van der Waals surface area contributed by atoms with Gasteiger partial charge < -0.3 is 0 Å². The molecule has 0 aliphatic rings. The lowest BCUT2D eigenvalue weighted by Crippen LogP contribution is -2.25. The first-order valence-electron chi connectivity index (χ1n) is 4.87. The van der Waals surface area contributed by atoms with Crippen molar-refractivity contribution in [2.75, 3.05) is 0 Å². The van der Waals surface area contributed by atoms with Crippen LogP contribution in [0, 0.1) is 0 Å². The smallest absolute Gasteiger partial charge is 0.291 e. The molecule has 94 valence electrons. The second-order valence-corrected chi connectivity index (χ2v) is 4.54. The van der Waals surface area contributed by atoms with Gasteiger partial charge in [0.25, 0.3) is 0 Å². The summed E-state index contributed by atoms with van der Waals surface area (Å²) in [5.41, 5.74) is 0.533. The van der Waals surface area contributed by atoms with E-state index in [1.165, 1.54) is 0 Å². The van der Waals surface area contributed by atoms with Crippen LogP contribution in [0.2, 0.25) is 0 Å². The third-order valence-corrected chi connectivity index (χ3v) is 3.25. The summed E-state index contributed by atoms with van der Waals surface area (Å²) in [7, 11) is 0. The van der Waals surface area contributed by atoms with Crippen LogP contribution in [0.5, 0.6) is 0 Å². The van der Waals surface area contributed by atoms with Gasteiger partial charge >= 0.3 is 6.18 Å². The number of halogens is 3. The van der Waals surface area contributed by atoms with Gasteiger partial charge in [-0.1, -0.05) is 12.1 Å². The van der Waals surface area contributed by atoms with Crippen molar-refractivity contribution in [3.63, 3.8) is 0 Å². The molecule has 0 spiro atoms. The van der Waals surface area contributed by atoms with E-state index < -0.39 is 24.2 Å². The van der Waals surface area contributed by atoms with E-state index in [0.29, 0.717) is 10.2 Å². The number of hydrogen-bond donors (Lipinski definition) is 0. The zero-order valence-electron chi connectivity index (χ0n) is 8.82. The average Bonchev–Trinajstić information content (AvgIpc) is 2.71. The van der Waals surface area contributed by atoms with Crippen LogP contribution in [-0.2, 0) is 4.79 Å². The fourth-order valence-electron chi connectivity index (χ4n) is 1.31. The Hall–Kier alpha value is -1.76. The Bertz CT molecular complexity index is 585. The summed E-state index contributed by atoms with van der Waals surface area (Å²) in [6.07, 6.45) is -6.17. The summed E-state index contributed by atoms with van der Waals surface area (Å²) in [6, 6.07) is 6.79. The molecule has 1 aromatic carbocycles. The molecule has 0 aliphatic heterocycles. The number of nitrogens with zero attached hydrogens (tertiary/aromatic N) is 1. The number of aromatic nitrogens is 1. The van der Waals surface area contributed by atoms with E-state index in [1.807, 2.05) is 0 Å². The molecule has 0 unspecified atom stereocenters. The van der Waals surface area contributed by atoms with Crippen LogP contribution >= 0.6 is 11.3 Å². The fourth-order valence-corrected chi connectivity index (χ4v) is 2.22. The Kier molecular flexibility index (Phi) is 3.16. The number of carbonyl (C=O) groups is 2. The normalized spacial score (nSPS) is 11.7. The van der Waals surface area contributed by atoms with Crippen molar-refractivity contribution < 1.29 is 22.8 Å². The number of thiazole rings is 1. The van der Waals surface area contributed by atoms with E-state index in [0.717, 1.165) is 11.3 Å². The molecule has 1 heterocycles. The first kappa shape index (κ1) is 12.7. The highest BCUT2D eigenvalue weighted by molar-refractivity contribution is 7.20. The van der Waals surface area contributed by atoms with Gasteiger partial charge in [0.1, 0.15) is 0 Å². The number of fused-ring (bicyclic) bond motifs is 1. The van der Waals surface area contributed by atoms with E-state index in [2.05, 4.69) is 4.98 Å². The Labute approximate surface area is 103 Å². The van der Waals surface area contributed by atoms with E-state index in [-0.39, 0.29) is 5.01 Å². The first-order chi connectivity index (χ1) is 8.38. The molecular formula is C11H6F3NO2S. The molecule has 0 fully saturated rings. The summed E-state index contributed by atoms with van der Waals surface area (Å²) in [5.74, 6) is -2.95. The highest BCUT2D eigenvalue weighted by atomic mass is 32.1. The lowest BCUT2D eigenvalue weighted by Gasteiger charge is -2.02. The largest absolute Gasteiger partial charge is 0.450 e. The predicted octanol–water partition coefficient (Wildman–Crippen LogP) is 3.00. The molecule has 2 aromatic rings. The Morgan fingerprint density at radius 1 is 1.22 bits per heavy atom. The molecule has 0 bridgehead atoms. The van der Waals surface area contributed by atoms with Crippen LogP contribution in [0.15, 0.2) is 24.3 Å². The maximum atomic E-state index is 12.0. The Balaban J connectivity index is 2.21. The number of benzene rings is 1. The molecule has 0 radical (unpaired) electrons. The third kappa shape index (κ3) is 2.56. The van der Waals surface area contributed by atoms with Crippen LogP contribution in [0.25, 0.3) is 10.2 Å². The summed E-state index contributed by atoms with van der Waals surface area (Å²) in [4.78, 5) is 26.1. The summed E-state index contributed by atoms with van der Waals surface area (Å²) < 4.78 is 36.7. The second-order valence-electron chi connectivity index (χ2n) is 3.51. The SMILES string of the molecule is O=C(CC(=O)C(F)(F)F)c1nc2ccccc2s1. The molecule has 0 aliphatic carbocycles. The molecule has 2 rings (SSSR count).